The standard InChI is InChI=1S/C9H18BrN3O/c10-8(13-6-12-7-13)4-2-1-3-5-9(11)14/h8,12H,1-7H2,(H2,11,14). The maximum atomic E-state index is 10.5. The number of hydrogen-bond acceptors (Lipinski definition) is 3. The second-order valence-electron chi connectivity index (χ2n) is 3.66. The van der Waals surface area contributed by atoms with Gasteiger partial charge in [-0.05, 0) is 12.8 Å². The highest BCUT2D eigenvalue weighted by atomic mass is 79.9. The molecule has 1 aliphatic rings. The Morgan fingerprint density at radius 3 is 2.64 bits per heavy atom. The Labute approximate surface area is 93.3 Å². The maximum Gasteiger partial charge on any atom is 0.217 e. The van der Waals surface area contributed by atoms with Gasteiger partial charge in [0.05, 0.1) is 18.3 Å². The van der Waals surface area contributed by atoms with E-state index in [9.17, 15) is 4.79 Å². The fraction of sp³-hybridized carbons (Fsp3) is 0.889. The van der Waals surface area contributed by atoms with Crippen molar-refractivity contribution in [3.63, 3.8) is 0 Å². The van der Waals surface area contributed by atoms with E-state index in [1.165, 1.54) is 0 Å². The van der Waals surface area contributed by atoms with E-state index in [0.29, 0.717) is 11.4 Å². The number of hydrogen-bond donors (Lipinski definition) is 2. The van der Waals surface area contributed by atoms with Crippen molar-refractivity contribution in [2.75, 3.05) is 13.3 Å². The summed E-state index contributed by atoms with van der Waals surface area (Å²) >= 11 is 3.63. The smallest absolute Gasteiger partial charge is 0.217 e. The summed E-state index contributed by atoms with van der Waals surface area (Å²) in [6.45, 7) is 1.97. The average Bonchev–Trinajstić information content (AvgIpc) is 1.99. The normalized spacial score (nSPS) is 18.9. The molecule has 0 saturated carbocycles. The number of amides is 1. The first-order valence-corrected chi connectivity index (χ1v) is 5.99. The third-order valence-electron chi connectivity index (χ3n) is 2.39. The number of halogens is 1. The van der Waals surface area contributed by atoms with E-state index in [2.05, 4.69) is 26.1 Å². The molecule has 1 aliphatic heterocycles. The predicted octanol–water partition coefficient (Wildman–Crippen LogP) is 0.963. The molecule has 0 aliphatic carbocycles. The molecule has 82 valence electrons. The van der Waals surface area contributed by atoms with E-state index in [4.69, 9.17) is 5.73 Å². The molecule has 0 aromatic carbocycles. The van der Waals surface area contributed by atoms with E-state index >= 15 is 0 Å². The molecule has 0 aromatic heterocycles. The van der Waals surface area contributed by atoms with Gasteiger partial charge in [0.25, 0.3) is 0 Å². The second-order valence-corrected chi connectivity index (χ2v) is 4.71. The lowest BCUT2D eigenvalue weighted by atomic mass is 10.1. The summed E-state index contributed by atoms with van der Waals surface area (Å²) in [5.74, 6) is -0.188. The van der Waals surface area contributed by atoms with Crippen LogP contribution in [0.5, 0.6) is 0 Å². The molecule has 0 spiro atoms. The number of primary amides is 1. The number of unbranched alkanes of at least 4 members (excludes halogenated alkanes) is 2. The van der Waals surface area contributed by atoms with Gasteiger partial charge in [0.2, 0.25) is 5.91 Å². The minimum absolute atomic E-state index is 0.188. The zero-order valence-corrected chi connectivity index (χ0v) is 9.92. The molecule has 0 aromatic rings. The van der Waals surface area contributed by atoms with Crippen LogP contribution in [0.2, 0.25) is 0 Å². The summed E-state index contributed by atoms with van der Waals surface area (Å²) < 4.78 is 0. The van der Waals surface area contributed by atoms with Gasteiger partial charge in [-0.25, -0.2) is 0 Å². The van der Waals surface area contributed by atoms with Gasteiger partial charge in [0.1, 0.15) is 0 Å². The summed E-state index contributed by atoms with van der Waals surface area (Å²) in [6.07, 6.45) is 4.83. The molecular formula is C9H18BrN3O. The minimum Gasteiger partial charge on any atom is -0.370 e. The first-order chi connectivity index (χ1) is 6.70. The zero-order chi connectivity index (χ0) is 10.4. The van der Waals surface area contributed by atoms with Gasteiger partial charge in [0, 0.05) is 6.42 Å². The van der Waals surface area contributed by atoms with Crippen molar-refractivity contribution in [1.82, 2.24) is 10.2 Å². The zero-order valence-electron chi connectivity index (χ0n) is 8.34. The van der Waals surface area contributed by atoms with Crippen LogP contribution in [0.1, 0.15) is 32.1 Å². The number of carbonyl (C=O) groups excluding carboxylic acids is 1. The SMILES string of the molecule is NC(=O)CCCCCC(Br)N1CNC1. The number of alkyl halides is 1. The highest BCUT2D eigenvalue weighted by Gasteiger charge is 2.19. The third kappa shape index (κ3) is 4.39. The van der Waals surface area contributed by atoms with Crippen LogP contribution in [0.15, 0.2) is 0 Å². The van der Waals surface area contributed by atoms with E-state index in [-0.39, 0.29) is 5.91 Å². The van der Waals surface area contributed by atoms with Crippen LogP contribution < -0.4 is 11.1 Å². The van der Waals surface area contributed by atoms with Gasteiger partial charge in [-0.2, -0.15) is 0 Å². The third-order valence-corrected chi connectivity index (χ3v) is 3.43. The summed E-state index contributed by atoms with van der Waals surface area (Å²) in [7, 11) is 0. The number of carbonyl (C=O) groups is 1. The van der Waals surface area contributed by atoms with Crippen molar-refractivity contribution in [3.05, 3.63) is 0 Å². The van der Waals surface area contributed by atoms with E-state index in [1.54, 1.807) is 0 Å². The molecule has 1 atom stereocenters. The molecule has 1 unspecified atom stereocenters. The lowest BCUT2D eigenvalue weighted by Crippen LogP contribution is -2.54. The van der Waals surface area contributed by atoms with Gasteiger partial charge < -0.3 is 5.73 Å². The Morgan fingerprint density at radius 2 is 2.14 bits per heavy atom. The molecule has 1 saturated heterocycles. The Hall–Kier alpha value is -0.130. The van der Waals surface area contributed by atoms with E-state index in [1.807, 2.05) is 0 Å². The fourth-order valence-electron chi connectivity index (χ4n) is 1.41. The number of rotatable bonds is 7. The van der Waals surface area contributed by atoms with Crippen molar-refractivity contribution in [1.29, 1.82) is 0 Å². The highest BCUT2D eigenvalue weighted by molar-refractivity contribution is 9.09. The van der Waals surface area contributed by atoms with Crippen LogP contribution in [-0.4, -0.2) is 29.1 Å². The highest BCUT2D eigenvalue weighted by Crippen LogP contribution is 2.17. The Balaban J connectivity index is 1.89. The molecule has 1 heterocycles. The molecule has 1 rings (SSSR count). The van der Waals surface area contributed by atoms with Crippen molar-refractivity contribution < 1.29 is 4.79 Å². The summed E-state index contributed by atoms with van der Waals surface area (Å²) in [5, 5.41) is 3.19. The topological polar surface area (TPSA) is 58.4 Å². The first kappa shape index (κ1) is 11.9. The van der Waals surface area contributed by atoms with Crippen LogP contribution >= 0.6 is 15.9 Å². The predicted molar refractivity (Wildman–Crippen MR) is 59.7 cm³/mol. The summed E-state index contributed by atoms with van der Waals surface area (Å²) in [5.41, 5.74) is 5.05. The number of nitrogens with two attached hydrogens (primary N) is 1. The summed E-state index contributed by atoms with van der Waals surface area (Å²) in [4.78, 5) is 13.3. The Kier molecular flexibility index (Phi) is 5.44. The molecular weight excluding hydrogens is 246 g/mol. The number of nitrogens with one attached hydrogen (secondary N) is 1. The second kappa shape index (κ2) is 6.37. The van der Waals surface area contributed by atoms with Crippen molar-refractivity contribution >= 4 is 21.8 Å². The van der Waals surface area contributed by atoms with Gasteiger partial charge in [-0.1, -0.05) is 28.8 Å². The summed E-state index contributed by atoms with van der Waals surface area (Å²) in [6, 6.07) is 0. The lowest BCUT2D eigenvalue weighted by molar-refractivity contribution is -0.118. The molecule has 5 heteroatoms. The fourth-order valence-corrected chi connectivity index (χ4v) is 2.02. The quantitative estimate of drug-likeness (QED) is 0.409. The Bertz CT molecular complexity index is 185. The van der Waals surface area contributed by atoms with Crippen molar-refractivity contribution in [2.45, 2.75) is 37.1 Å². The van der Waals surface area contributed by atoms with Crippen LogP contribution in [-0.2, 0) is 4.79 Å². The maximum absolute atomic E-state index is 10.5. The van der Waals surface area contributed by atoms with Crippen LogP contribution in [0.25, 0.3) is 0 Å². The lowest BCUT2D eigenvalue weighted by Gasteiger charge is -2.36. The van der Waals surface area contributed by atoms with Gasteiger partial charge in [-0.15, -0.1) is 0 Å². The largest absolute Gasteiger partial charge is 0.370 e. The molecule has 3 N–H and O–H groups in total. The molecule has 1 amide bonds. The molecule has 1 fully saturated rings. The van der Waals surface area contributed by atoms with E-state index in [0.717, 1.165) is 39.0 Å². The molecule has 0 radical (unpaired) electrons. The monoisotopic (exact) mass is 263 g/mol. The Morgan fingerprint density at radius 1 is 1.43 bits per heavy atom. The van der Waals surface area contributed by atoms with Gasteiger partial charge >= 0.3 is 0 Å². The van der Waals surface area contributed by atoms with Crippen molar-refractivity contribution in [3.8, 4) is 0 Å². The number of nitrogens with zero attached hydrogens (tertiary/aromatic N) is 1. The van der Waals surface area contributed by atoms with Gasteiger partial charge in [-0.3, -0.25) is 15.0 Å². The molecule has 0 bridgehead atoms. The van der Waals surface area contributed by atoms with Crippen LogP contribution in [0.4, 0.5) is 0 Å². The minimum atomic E-state index is -0.188. The first-order valence-electron chi connectivity index (χ1n) is 5.07. The van der Waals surface area contributed by atoms with Crippen molar-refractivity contribution in [2.24, 2.45) is 5.73 Å². The van der Waals surface area contributed by atoms with Gasteiger partial charge in [0.15, 0.2) is 0 Å². The molecule has 14 heavy (non-hydrogen) atoms. The average molecular weight is 264 g/mol. The molecule has 4 nitrogen and oxygen atoms in total. The van der Waals surface area contributed by atoms with Crippen LogP contribution in [0, 0.1) is 0 Å². The van der Waals surface area contributed by atoms with E-state index < -0.39 is 0 Å². The van der Waals surface area contributed by atoms with Crippen LogP contribution in [0.3, 0.4) is 0 Å².